The van der Waals surface area contributed by atoms with E-state index in [4.69, 9.17) is 4.42 Å². The van der Waals surface area contributed by atoms with E-state index in [1.165, 1.54) is 12.1 Å². The van der Waals surface area contributed by atoms with E-state index in [1.807, 2.05) is 13.8 Å². The third-order valence-corrected chi connectivity index (χ3v) is 3.12. The van der Waals surface area contributed by atoms with Crippen molar-refractivity contribution in [1.82, 2.24) is 0 Å². The van der Waals surface area contributed by atoms with Gasteiger partial charge in [0.05, 0.1) is 5.56 Å². The van der Waals surface area contributed by atoms with E-state index in [-0.39, 0.29) is 18.0 Å². The van der Waals surface area contributed by atoms with E-state index in [0.29, 0.717) is 11.3 Å². The maximum Gasteiger partial charge on any atom is 0.171 e. The molecule has 0 aliphatic carbocycles. The lowest BCUT2D eigenvalue weighted by atomic mass is 10.00. The highest BCUT2D eigenvalue weighted by atomic mass is 19.1. The van der Waals surface area contributed by atoms with E-state index in [1.54, 1.807) is 19.1 Å². The Bertz CT molecular complexity index is 579. The largest absolute Gasteiger partial charge is 0.466 e. The molecular formula is C15H15FO2. The lowest BCUT2D eigenvalue weighted by molar-refractivity contribution is 0.0991. The number of rotatable bonds is 3. The Morgan fingerprint density at radius 1 is 1.11 bits per heavy atom. The predicted molar refractivity (Wildman–Crippen MR) is 67.4 cm³/mol. The minimum Gasteiger partial charge on any atom is -0.466 e. The summed E-state index contributed by atoms with van der Waals surface area (Å²) in [5.41, 5.74) is 2.34. The average Bonchev–Trinajstić information content (AvgIpc) is 2.56. The molecule has 0 unspecified atom stereocenters. The van der Waals surface area contributed by atoms with Crippen LogP contribution in [0.1, 0.15) is 33.0 Å². The summed E-state index contributed by atoms with van der Waals surface area (Å²) in [7, 11) is 0. The van der Waals surface area contributed by atoms with Gasteiger partial charge >= 0.3 is 0 Å². The zero-order valence-corrected chi connectivity index (χ0v) is 10.7. The summed E-state index contributed by atoms with van der Waals surface area (Å²) >= 11 is 0. The van der Waals surface area contributed by atoms with Gasteiger partial charge in [0.2, 0.25) is 0 Å². The van der Waals surface area contributed by atoms with Gasteiger partial charge in [-0.2, -0.15) is 0 Å². The molecule has 0 saturated heterocycles. The molecule has 0 radical (unpaired) electrons. The second-order valence-electron chi connectivity index (χ2n) is 4.44. The van der Waals surface area contributed by atoms with Crippen molar-refractivity contribution in [3.63, 3.8) is 0 Å². The second kappa shape index (κ2) is 4.77. The molecule has 0 spiro atoms. The van der Waals surface area contributed by atoms with Gasteiger partial charge in [-0.05, 0) is 38.5 Å². The van der Waals surface area contributed by atoms with Gasteiger partial charge in [-0.3, -0.25) is 4.79 Å². The summed E-state index contributed by atoms with van der Waals surface area (Å²) in [5.74, 6) is 1.14. The van der Waals surface area contributed by atoms with Crippen LogP contribution in [0.2, 0.25) is 0 Å². The number of carbonyl (C=O) groups excluding carboxylic acids is 1. The van der Waals surface area contributed by atoms with Crippen LogP contribution >= 0.6 is 0 Å². The lowest BCUT2D eigenvalue weighted by Gasteiger charge is -2.02. The van der Waals surface area contributed by atoms with Gasteiger partial charge in [-0.15, -0.1) is 0 Å². The van der Waals surface area contributed by atoms with Crippen molar-refractivity contribution in [3.8, 4) is 0 Å². The van der Waals surface area contributed by atoms with Gasteiger partial charge < -0.3 is 4.42 Å². The SMILES string of the molecule is Cc1oc(C)c(C(=O)Cc2ccc(F)cc2)c1C. The maximum atomic E-state index is 12.8. The van der Waals surface area contributed by atoms with Gasteiger partial charge in [-0.25, -0.2) is 4.39 Å². The molecule has 0 fully saturated rings. The Morgan fingerprint density at radius 3 is 2.22 bits per heavy atom. The number of carbonyl (C=O) groups is 1. The van der Waals surface area contributed by atoms with Gasteiger partial charge in [0.15, 0.2) is 5.78 Å². The van der Waals surface area contributed by atoms with Crippen LogP contribution in [0, 0.1) is 26.6 Å². The Hall–Kier alpha value is -1.90. The van der Waals surface area contributed by atoms with Gasteiger partial charge in [0.25, 0.3) is 0 Å². The molecule has 0 aliphatic heterocycles. The molecule has 2 rings (SSSR count). The molecule has 1 aromatic heterocycles. The molecule has 1 aromatic carbocycles. The first-order chi connectivity index (χ1) is 8.49. The summed E-state index contributed by atoms with van der Waals surface area (Å²) in [4.78, 5) is 12.2. The van der Waals surface area contributed by atoms with Gasteiger partial charge in [0.1, 0.15) is 17.3 Å². The molecule has 94 valence electrons. The smallest absolute Gasteiger partial charge is 0.171 e. The van der Waals surface area contributed by atoms with Crippen molar-refractivity contribution < 1.29 is 13.6 Å². The minimum absolute atomic E-state index is 0.00783. The number of hydrogen-bond donors (Lipinski definition) is 0. The number of furan rings is 1. The topological polar surface area (TPSA) is 30.2 Å². The third kappa shape index (κ3) is 2.35. The van der Waals surface area contributed by atoms with Crippen LogP contribution in [0.3, 0.4) is 0 Å². The summed E-state index contributed by atoms with van der Waals surface area (Å²) in [6, 6.07) is 5.99. The first-order valence-electron chi connectivity index (χ1n) is 5.83. The first kappa shape index (κ1) is 12.6. The van der Waals surface area contributed by atoms with Crippen molar-refractivity contribution in [3.05, 3.63) is 58.3 Å². The van der Waals surface area contributed by atoms with Gasteiger partial charge in [-0.1, -0.05) is 12.1 Å². The molecule has 0 aliphatic rings. The van der Waals surface area contributed by atoms with Crippen LogP contribution < -0.4 is 0 Å². The number of benzene rings is 1. The molecule has 0 amide bonds. The van der Waals surface area contributed by atoms with Crippen LogP contribution in [0.25, 0.3) is 0 Å². The normalized spacial score (nSPS) is 10.7. The molecule has 2 aromatic rings. The molecule has 1 heterocycles. The average molecular weight is 246 g/mol. The summed E-state index contributed by atoms with van der Waals surface area (Å²) in [5, 5.41) is 0. The molecular weight excluding hydrogens is 231 g/mol. The van der Waals surface area contributed by atoms with Crippen LogP contribution in [-0.2, 0) is 6.42 Å². The third-order valence-electron chi connectivity index (χ3n) is 3.12. The summed E-state index contributed by atoms with van der Waals surface area (Å²) in [6.07, 6.45) is 0.265. The van der Waals surface area contributed by atoms with Crippen LogP contribution in [0.4, 0.5) is 4.39 Å². The fraction of sp³-hybridized carbons (Fsp3) is 0.267. The second-order valence-corrected chi connectivity index (χ2v) is 4.44. The van der Waals surface area contributed by atoms with Crippen LogP contribution in [0.5, 0.6) is 0 Å². The lowest BCUT2D eigenvalue weighted by Crippen LogP contribution is -2.05. The Morgan fingerprint density at radius 2 is 1.72 bits per heavy atom. The molecule has 3 heteroatoms. The number of hydrogen-bond acceptors (Lipinski definition) is 2. The molecule has 0 atom stereocenters. The number of aryl methyl sites for hydroxylation is 2. The van der Waals surface area contributed by atoms with E-state index in [9.17, 15) is 9.18 Å². The standard InChI is InChI=1S/C15H15FO2/c1-9-10(2)18-11(3)15(9)14(17)8-12-4-6-13(16)7-5-12/h4-7H,8H2,1-3H3. The fourth-order valence-electron chi connectivity index (χ4n) is 2.08. The number of halogens is 1. The zero-order chi connectivity index (χ0) is 13.3. The van der Waals surface area contributed by atoms with Crippen molar-refractivity contribution in [2.75, 3.05) is 0 Å². The van der Waals surface area contributed by atoms with E-state index in [0.717, 1.165) is 16.9 Å². The van der Waals surface area contributed by atoms with Crippen molar-refractivity contribution >= 4 is 5.78 Å². The fourth-order valence-corrected chi connectivity index (χ4v) is 2.08. The van der Waals surface area contributed by atoms with Crippen LogP contribution in [-0.4, -0.2) is 5.78 Å². The zero-order valence-electron chi connectivity index (χ0n) is 10.7. The maximum absolute atomic E-state index is 12.8. The Labute approximate surface area is 105 Å². The quantitative estimate of drug-likeness (QED) is 0.772. The molecule has 0 saturated carbocycles. The number of Topliss-reactive ketones (excluding diaryl/α,β-unsaturated/α-hetero) is 1. The van der Waals surface area contributed by atoms with E-state index >= 15 is 0 Å². The Kier molecular flexibility index (Phi) is 3.32. The van der Waals surface area contributed by atoms with Crippen molar-refractivity contribution in [2.24, 2.45) is 0 Å². The molecule has 0 N–H and O–H groups in total. The van der Waals surface area contributed by atoms with Crippen molar-refractivity contribution in [1.29, 1.82) is 0 Å². The summed E-state index contributed by atoms with van der Waals surface area (Å²) < 4.78 is 18.2. The van der Waals surface area contributed by atoms with Crippen LogP contribution in [0.15, 0.2) is 28.7 Å². The van der Waals surface area contributed by atoms with Crippen molar-refractivity contribution in [2.45, 2.75) is 27.2 Å². The minimum atomic E-state index is -0.294. The predicted octanol–water partition coefficient (Wildman–Crippen LogP) is 3.77. The van der Waals surface area contributed by atoms with E-state index in [2.05, 4.69) is 0 Å². The molecule has 2 nitrogen and oxygen atoms in total. The summed E-state index contributed by atoms with van der Waals surface area (Å²) in [6.45, 7) is 5.51. The molecule has 0 bridgehead atoms. The first-order valence-corrected chi connectivity index (χ1v) is 5.83. The highest BCUT2D eigenvalue weighted by Gasteiger charge is 2.18. The Balaban J connectivity index is 2.24. The van der Waals surface area contributed by atoms with E-state index < -0.39 is 0 Å². The number of ketones is 1. The van der Waals surface area contributed by atoms with Gasteiger partial charge in [0, 0.05) is 12.0 Å². The monoisotopic (exact) mass is 246 g/mol. The highest BCUT2D eigenvalue weighted by molar-refractivity contribution is 5.99. The highest BCUT2D eigenvalue weighted by Crippen LogP contribution is 2.22. The molecule has 18 heavy (non-hydrogen) atoms.